The number of nitriles is 2. The third-order valence-electron chi connectivity index (χ3n) is 6.02. The van der Waals surface area contributed by atoms with Crippen LogP contribution in [0, 0.1) is 22.7 Å². The Morgan fingerprint density at radius 2 is 1.80 bits per heavy atom. The first kappa shape index (κ1) is 22.0. The van der Waals surface area contributed by atoms with Gasteiger partial charge < -0.3 is 9.30 Å². The molecular formula is C29H21N5O. The predicted octanol–water partition coefficient (Wildman–Crippen LogP) is 5.68. The van der Waals surface area contributed by atoms with E-state index in [4.69, 9.17) is 10.00 Å². The number of aryl methyl sites for hydroxylation is 1. The van der Waals surface area contributed by atoms with Crippen molar-refractivity contribution in [3.8, 4) is 23.3 Å². The summed E-state index contributed by atoms with van der Waals surface area (Å²) in [7, 11) is 1.93. The van der Waals surface area contributed by atoms with Gasteiger partial charge in [-0.1, -0.05) is 36.4 Å². The van der Waals surface area contributed by atoms with Gasteiger partial charge in [0.2, 0.25) is 0 Å². The average molecular weight is 456 g/mol. The molecule has 6 heteroatoms. The van der Waals surface area contributed by atoms with Crippen LogP contribution < -0.4 is 0 Å². The van der Waals surface area contributed by atoms with Crippen LogP contribution in [0.3, 0.4) is 0 Å². The molecule has 0 spiro atoms. The minimum absolute atomic E-state index is 0.356. The van der Waals surface area contributed by atoms with E-state index in [0.717, 1.165) is 38.9 Å². The molecule has 2 heterocycles. The summed E-state index contributed by atoms with van der Waals surface area (Å²) in [5.74, 6) is 0. The molecule has 35 heavy (non-hydrogen) atoms. The van der Waals surface area contributed by atoms with Crippen molar-refractivity contribution in [3.63, 3.8) is 0 Å². The number of hydrogen-bond acceptors (Lipinski definition) is 5. The van der Waals surface area contributed by atoms with E-state index >= 15 is 0 Å². The molecule has 5 aromatic rings. The number of aromatic nitrogens is 3. The molecule has 5 rings (SSSR count). The predicted molar refractivity (Wildman–Crippen MR) is 133 cm³/mol. The lowest BCUT2D eigenvalue weighted by Crippen LogP contribution is -2.11. The second kappa shape index (κ2) is 9.61. The SMILES string of the molecule is Cn1cncc1C(OCc1ccc(C#N)cc1)c1ccc(C#N)c(-c2cccc3ncccc23)c1. The quantitative estimate of drug-likeness (QED) is 0.328. The van der Waals surface area contributed by atoms with Gasteiger partial charge in [-0.05, 0) is 53.1 Å². The van der Waals surface area contributed by atoms with Gasteiger partial charge in [0, 0.05) is 24.2 Å². The van der Waals surface area contributed by atoms with Gasteiger partial charge in [-0.3, -0.25) is 4.98 Å². The standard InChI is InChI=1S/C29H21N5O/c1-34-19-32-17-28(34)29(35-18-21-9-7-20(15-30)8-10-21)22-11-12-23(16-31)26(14-22)24-4-2-6-27-25(24)5-3-13-33-27/h2-14,17,19,29H,18H2,1H3. The fourth-order valence-corrected chi connectivity index (χ4v) is 4.21. The van der Waals surface area contributed by atoms with Gasteiger partial charge >= 0.3 is 0 Å². The first-order chi connectivity index (χ1) is 17.2. The largest absolute Gasteiger partial charge is 0.363 e. The Kier molecular flexibility index (Phi) is 6.05. The van der Waals surface area contributed by atoms with Crippen LogP contribution in [0.1, 0.15) is 34.1 Å². The smallest absolute Gasteiger partial charge is 0.124 e. The molecule has 1 atom stereocenters. The van der Waals surface area contributed by atoms with Gasteiger partial charge in [-0.2, -0.15) is 10.5 Å². The van der Waals surface area contributed by atoms with Crippen LogP contribution in [-0.4, -0.2) is 14.5 Å². The highest BCUT2D eigenvalue weighted by Crippen LogP contribution is 2.35. The summed E-state index contributed by atoms with van der Waals surface area (Å²) in [5.41, 5.74) is 6.62. The van der Waals surface area contributed by atoms with Crippen LogP contribution in [0.4, 0.5) is 0 Å². The average Bonchev–Trinajstić information content (AvgIpc) is 3.34. The Hall–Kier alpha value is -4.78. The molecule has 6 nitrogen and oxygen atoms in total. The molecule has 3 aromatic carbocycles. The van der Waals surface area contributed by atoms with E-state index in [2.05, 4.69) is 22.1 Å². The summed E-state index contributed by atoms with van der Waals surface area (Å²) in [6, 6.07) is 27.5. The number of nitrogens with zero attached hydrogens (tertiary/aromatic N) is 5. The van der Waals surface area contributed by atoms with E-state index in [1.807, 2.05) is 72.3 Å². The van der Waals surface area contributed by atoms with Crippen molar-refractivity contribution >= 4 is 10.9 Å². The molecule has 0 aliphatic rings. The van der Waals surface area contributed by atoms with Crippen molar-refractivity contribution in [2.45, 2.75) is 12.7 Å². The summed E-state index contributed by atoms with van der Waals surface area (Å²) in [5, 5.41) is 19.9. The molecule has 0 radical (unpaired) electrons. The molecule has 0 saturated heterocycles. The highest BCUT2D eigenvalue weighted by Gasteiger charge is 2.21. The minimum atomic E-state index is -0.405. The monoisotopic (exact) mass is 455 g/mol. The maximum absolute atomic E-state index is 9.87. The van der Waals surface area contributed by atoms with Gasteiger partial charge in [0.25, 0.3) is 0 Å². The van der Waals surface area contributed by atoms with E-state index in [1.165, 1.54) is 0 Å². The highest BCUT2D eigenvalue weighted by molar-refractivity contribution is 5.96. The van der Waals surface area contributed by atoms with E-state index in [1.54, 1.807) is 30.9 Å². The summed E-state index contributed by atoms with van der Waals surface area (Å²) in [4.78, 5) is 8.76. The number of rotatable bonds is 6. The van der Waals surface area contributed by atoms with Gasteiger partial charge in [0.05, 0.1) is 53.6 Å². The second-order valence-corrected chi connectivity index (χ2v) is 8.22. The number of hydrogen-bond donors (Lipinski definition) is 0. The normalized spacial score (nSPS) is 11.6. The molecule has 0 fully saturated rings. The molecular weight excluding hydrogens is 434 g/mol. The van der Waals surface area contributed by atoms with Crippen LogP contribution in [-0.2, 0) is 18.4 Å². The zero-order valence-corrected chi connectivity index (χ0v) is 19.1. The second-order valence-electron chi connectivity index (χ2n) is 8.22. The Morgan fingerprint density at radius 1 is 0.943 bits per heavy atom. The molecule has 0 aliphatic heterocycles. The molecule has 0 aliphatic carbocycles. The lowest BCUT2D eigenvalue weighted by molar-refractivity contribution is 0.0622. The zero-order chi connectivity index (χ0) is 24.2. The van der Waals surface area contributed by atoms with Gasteiger partial charge in [-0.25, -0.2) is 4.98 Å². The van der Waals surface area contributed by atoms with Crippen LogP contribution in [0.15, 0.2) is 91.5 Å². The Balaban J connectivity index is 1.58. The van der Waals surface area contributed by atoms with E-state index in [9.17, 15) is 5.26 Å². The van der Waals surface area contributed by atoms with E-state index < -0.39 is 6.10 Å². The van der Waals surface area contributed by atoms with Crippen molar-refractivity contribution in [3.05, 3.63) is 119 Å². The third kappa shape index (κ3) is 4.39. The Bertz CT molecular complexity index is 1580. The number of fused-ring (bicyclic) bond motifs is 1. The molecule has 0 N–H and O–H groups in total. The van der Waals surface area contributed by atoms with Crippen LogP contribution in [0.2, 0.25) is 0 Å². The first-order valence-corrected chi connectivity index (χ1v) is 11.1. The first-order valence-electron chi connectivity index (χ1n) is 11.1. The number of imidazole rings is 1. The lowest BCUT2D eigenvalue weighted by atomic mass is 9.93. The third-order valence-corrected chi connectivity index (χ3v) is 6.02. The number of pyridine rings is 1. The summed E-state index contributed by atoms with van der Waals surface area (Å²) in [6.45, 7) is 0.356. The number of benzene rings is 3. The Morgan fingerprint density at radius 3 is 2.54 bits per heavy atom. The van der Waals surface area contributed by atoms with Crippen molar-refractivity contribution in [2.24, 2.45) is 7.05 Å². The number of ether oxygens (including phenoxy) is 1. The summed E-state index contributed by atoms with van der Waals surface area (Å²) < 4.78 is 8.36. The highest BCUT2D eigenvalue weighted by atomic mass is 16.5. The lowest BCUT2D eigenvalue weighted by Gasteiger charge is -2.21. The maximum Gasteiger partial charge on any atom is 0.124 e. The topological polar surface area (TPSA) is 87.5 Å². The minimum Gasteiger partial charge on any atom is -0.363 e. The molecule has 0 bridgehead atoms. The van der Waals surface area contributed by atoms with E-state index in [-0.39, 0.29) is 0 Å². The van der Waals surface area contributed by atoms with Crippen molar-refractivity contribution < 1.29 is 4.74 Å². The molecule has 2 aromatic heterocycles. The summed E-state index contributed by atoms with van der Waals surface area (Å²) >= 11 is 0. The fourth-order valence-electron chi connectivity index (χ4n) is 4.21. The molecule has 0 amide bonds. The van der Waals surface area contributed by atoms with Crippen molar-refractivity contribution in [2.75, 3.05) is 0 Å². The molecule has 1 unspecified atom stereocenters. The zero-order valence-electron chi connectivity index (χ0n) is 19.1. The fraction of sp³-hybridized carbons (Fsp3) is 0.103. The maximum atomic E-state index is 9.87. The molecule has 168 valence electrons. The van der Waals surface area contributed by atoms with Crippen LogP contribution in [0.25, 0.3) is 22.0 Å². The Labute approximate surface area is 203 Å². The van der Waals surface area contributed by atoms with Gasteiger partial charge in [-0.15, -0.1) is 0 Å². The van der Waals surface area contributed by atoms with Crippen LogP contribution in [0.5, 0.6) is 0 Å². The van der Waals surface area contributed by atoms with Gasteiger partial charge in [0.15, 0.2) is 0 Å². The van der Waals surface area contributed by atoms with Crippen molar-refractivity contribution in [1.82, 2.24) is 14.5 Å². The molecule has 0 saturated carbocycles. The van der Waals surface area contributed by atoms with Crippen LogP contribution >= 0.6 is 0 Å². The van der Waals surface area contributed by atoms with E-state index in [0.29, 0.717) is 17.7 Å². The van der Waals surface area contributed by atoms with Crippen molar-refractivity contribution in [1.29, 1.82) is 10.5 Å². The summed E-state index contributed by atoms with van der Waals surface area (Å²) in [6.07, 6.45) is 4.90. The van der Waals surface area contributed by atoms with Gasteiger partial charge in [0.1, 0.15) is 6.10 Å².